The Morgan fingerprint density at radius 3 is 2.53 bits per heavy atom. The van der Waals surface area contributed by atoms with Gasteiger partial charge in [-0.25, -0.2) is 0 Å². The number of thioether (sulfide) groups is 1. The number of nitrogens with one attached hydrogen (secondary N) is 1. The molecule has 1 heterocycles. The Bertz CT molecular complexity index is 1450. The number of thiocarbonyl (C=S) groups is 1. The Kier molecular flexibility index (Phi) is 8.76. The van der Waals surface area contributed by atoms with Crippen molar-refractivity contribution in [1.29, 1.82) is 0 Å². The number of hydrogen-bond acceptors (Lipinski definition) is 6. The Labute approximate surface area is 237 Å². The maximum Gasteiger partial charge on any atom is 0.270 e. The first-order valence-electron chi connectivity index (χ1n) is 12.0. The second kappa shape index (κ2) is 12.0. The molecular formula is C29H27ClN2O4S2. The third kappa shape index (κ3) is 6.38. The van der Waals surface area contributed by atoms with Gasteiger partial charge in [-0.3, -0.25) is 14.5 Å². The normalized spacial score (nSPS) is 14.2. The topological polar surface area (TPSA) is 67.9 Å². The lowest BCUT2D eigenvalue weighted by molar-refractivity contribution is -0.118. The van der Waals surface area contributed by atoms with Gasteiger partial charge in [0.15, 0.2) is 22.4 Å². The minimum absolute atomic E-state index is 0.176. The van der Waals surface area contributed by atoms with Gasteiger partial charge in [0.05, 0.1) is 17.2 Å². The van der Waals surface area contributed by atoms with Crippen molar-refractivity contribution in [3.8, 4) is 11.5 Å². The van der Waals surface area contributed by atoms with E-state index in [0.29, 0.717) is 38.0 Å². The summed E-state index contributed by atoms with van der Waals surface area (Å²) < 4.78 is 12.0. The van der Waals surface area contributed by atoms with E-state index in [2.05, 4.69) is 5.32 Å². The fourth-order valence-electron chi connectivity index (χ4n) is 3.76. The first kappa shape index (κ1) is 27.7. The standard InChI is InChI=1S/C29H27ClN2O4S2/c1-5-35-25-13-20(9-11-24(25)36-16-27(33)31-23-12-17(2)6-7-19(23)4)14-26-28(34)32(29(37)38-26)21-10-8-18(3)22(30)15-21/h6-15H,5,16H2,1-4H3,(H,31,33)/b26-14-. The monoisotopic (exact) mass is 566 g/mol. The third-order valence-corrected chi connectivity index (χ3v) is 7.51. The van der Waals surface area contributed by atoms with Crippen molar-refractivity contribution in [2.45, 2.75) is 27.7 Å². The Balaban J connectivity index is 1.49. The average Bonchev–Trinajstić information content (AvgIpc) is 3.15. The highest BCUT2D eigenvalue weighted by molar-refractivity contribution is 8.27. The van der Waals surface area contributed by atoms with E-state index in [0.717, 1.165) is 27.9 Å². The van der Waals surface area contributed by atoms with Crippen LogP contribution in [-0.4, -0.2) is 29.3 Å². The SMILES string of the molecule is CCOc1cc(/C=C2\SC(=S)N(c3ccc(C)c(Cl)c3)C2=O)ccc1OCC(=O)Nc1cc(C)ccc1C. The number of rotatable bonds is 8. The lowest BCUT2D eigenvalue weighted by atomic mass is 10.1. The van der Waals surface area contributed by atoms with E-state index in [1.165, 1.54) is 16.7 Å². The van der Waals surface area contributed by atoms with Gasteiger partial charge < -0.3 is 14.8 Å². The summed E-state index contributed by atoms with van der Waals surface area (Å²) in [4.78, 5) is 27.7. The van der Waals surface area contributed by atoms with E-state index in [4.69, 9.17) is 33.3 Å². The number of benzene rings is 3. The molecule has 6 nitrogen and oxygen atoms in total. The molecule has 1 N–H and O–H groups in total. The van der Waals surface area contributed by atoms with Gasteiger partial charge >= 0.3 is 0 Å². The molecule has 1 fully saturated rings. The smallest absolute Gasteiger partial charge is 0.270 e. The fourth-order valence-corrected chi connectivity index (χ4v) is 5.24. The molecule has 0 spiro atoms. The number of anilines is 2. The van der Waals surface area contributed by atoms with Crippen molar-refractivity contribution in [3.05, 3.63) is 86.8 Å². The minimum Gasteiger partial charge on any atom is -0.490 e. The summed E-state index contributed by atoms with van der Waals surface area (Å²) in [6.07, 6.45) is 1.76. The van der Waals surface area contributed by atoms with Crippen molar-refractivity contribution in [2.75, 3.05) is 23.4 Å². The summed E-state index contributed by atoms with van der Waals surface area (Å²) in [6.45, 7) is 7.90. The molecule has 1 aliphatic rings. The molecule has 38 heavy (non-hydrogen) atoms. The number of nitrogens with zero attached hydrogens (tertiary/aromatic N) is 1. The van der Waals surface area contributed by atoms with E-state index < -0.39 is 0 Å². The highest BCUT2D eigenvalue weighted by Gasteiger charge is 2.33. The van der Waals surface area contributed by atoms with Crippen LogP contribution in [0.25, 0.3) is 6.08 Å². The Hall–Kier alpha value is -3.33. The van der Waals surface area contributed by atoms with Crippen LogP contribution in [0.5, 0.6) is 11.5 Å². The van der Waals surface area contributed by atoms with Crippen molar-refractivity contribution in [1.82, 2.24) is 0 Å². The van der Waals surface area contributed by atoms with Gasteiger partial charge in [0, 0.05) is 10.7 Å². The number of aryl methyl sites for hydroxylation is 3. The maximum atomic E-state index is 13.2. The van der Waals surface area contributed by atoms with E-state index in [1.807, 2.05) is 58.0 Å². The van der Waals surface area contributed by atoms with Crippen LogP contribution in [0.4, 0.5) is 11.4 Å². The molecule has 0 saturated carbocycles. The quantitative estimate of drug-likeness (QED) is 0.232. The van der Waals surface area contributed by atoms with Crippen LogP contribution < -0.4 is 19.7 Å². The lowest BCUT2D eigenvalue weighted by Crippen LogP contribution is -2.27. The lowest BCUT2D eigenvalue weighted by Gasteiger charge is -2.15. The molecule has 1 saturated heterocycles. The molecule has 0 aliphatic carbocycles. The van der Waals surface area contributed by atoms with Crippen molar-refractivity contribution < 1.29 is 19.1 Å². The number of amides is 2. The number of ether oxygens (including phenoxy) is 2. The van der Waals surface area contributed by atoms with Gasteiger partial charge in [-0.15, -0.1) is 0 Å². The summed E-state index contributed by atoms with van der Waals surface area (Å²) in [7, 11) is 0. The van der Waals surface area contributed by atoms with Crippen LogP contribution in [0.15, 0.2) is 59.5 Å². The van der Waals surface area contributed by atoms with Crippen LogP contribution in [0.2, 0.25) is 5.02 Å². The highest BCUT2D eigenvalue weighted by Crippen LogP contribution is 2.38. The molecule has 3 aromatic carbocycles. The number of carbonyl (C=O) groups is 2. The fraction of sp³-hybridized carbons (Fsp3) is 0.207. The molecule has 0 aromatic heterocycles. The zero-order valence-corrected chi connectivity index (χ0v) is 23.9. The minimum atomic E-state index is -0.273. The molecule has 4 rings (SSSR count). The van der Waals surface area contributed by atoms with Gasteiger partial charge in [-0.05, 0) is 86.4 Å². The first-order chi connectivity index (χ1) is 18.2. The van der Waals surface area contributed by atoms with Crippen molar-refractivity contribution in [2.24, 2.45) is 0 Å². The zero-order chi connectivity index (χ0) is 27.4. The molecule has 0 unspecified atom stereocenters. The summed E-state index contributed by atoms with van der Waals surface area (Å²) in [5, 5.41) is 3.46. The third-order valence-electron chi connectivity index (χ3n) is 5.80. The average molecular weight is 567 g/mol. The Morgan fingerprint density at radius 1 is 1.03 bits per heavy atom. The van der Waals surface area contributed by atoms with Crippen LogP contribution in [-0.2, 0) is 9.59 Å². The van der Waals surface area contributed by atoms with Gasteiger partial charge in [0.2, 0.25) is 0 Å². The largest absolute Gasteiger partial charge is 0.490 e. The summed E-state index contributed by atoms with van der Waals surface area (Å²) in [5.74, 6) is 0.412. The van der Waals surface area contributed by atoms with E-state index in [9.17, 15) is 9.59 Å². The van der Waals surface area contributed by atoms with E-state index >= 15 is 0 Å². The second-order valence-electron chi connectivity index (χ2n) is 8.75. The summed E-state index contributed by atoms with van der Waals surface area (Å²) in [6, 6.07) is 16.6. The predicted octanol–water partition coefficient (Wildman–Crippen LogP) is 7.09. The van der Waals surface area contributed by atoms with Crippen LogP contribution >= 0.6 is 35.6 Å². The molecule has 0 bridgehead atoms. The molecule has 0 radical (unpaired) electrons. The molecule has 1 aliphatic heterocycles. The van der Waals surface area contributed by atoms with Crippen molar-refractivity contribution >= 4 is 69.2 Å². The van der Waals surface area contributed by atoms with Gasteiger partial charge in [-0.2, -0.15) is 0 Å². The maximum absolute atomic E-state index is 13.2. The zero-order valence-electron chi connectivity index (χ0n) is 21.5. The van der Waals surface area contributed by atoms with Crippen LogP contribution in [0.1, 0.15) is 29.2 Å². The van der Waals surface area contributed by atoms with Gasteiger partial charge in [-0.1, -0.05) is 59.8 Å². The number of halogens is 1. The summed E-state index contributed by atoms with van der Waals surface area (Å²) >= 11 is 13.0. The van der Waals surface area contributed by atoms with E-state index in [-0.39, 0.29) is 18.4 Å². The van der Waals surface area contributed by atoms with Crippen molar-refractivity contribution in [3.63, 3.8) is 0 Å². The second-order valence-corrected chi connectivity index (χ2v) is 10.8. The molecule has 9 heteroatoms. The van der Waals surface area contributed by atoms with Gasteiger partial charge in [0.1, 0.15) is 0 Å². The molecule has 0 atom stereocenters. The Morgan fingerprint density at radius 2 is 1.79 bits per heavy atom. The summed E-state index contributed by atoms with van der Waals surface area (Å²) in [5.41, 5.74) is 5.07. The molecule has 2 amide bonds. The van der Waals surface area contributed by atoms with Gasteiger partial charge in [0.25, 0.3) is 11.8 Å². The number of carbonyl (C=O) groups excluding carboxylic acids is 2. The highest BCUT2D eigenvalue weighted by atomic mass is 35.5. The van der Waals surface area contributed by atoms with Crippen LogP contribution in [0, 0.1) is 20.8 Å². The first-order valence-corrected chi connectivity index (χ1v) is 13.6. The molecular weight excluding hydrogens is 540 g/mol. The molecule has 3 aromatic rings. The van der Waals surface area contributed by atoms with Crippen LogP contribution in [0.3, 0.4) is 0 Å². The van der Waals surface area contributed by atoms with E-state index in [1.54, 1.807) is 30.3 Å². The predicted molar refractivity (Wildman–Crippen MR) is 159 cm³/mol. The molecule has 196 valence electrons. The number of hydrogen-bond donors (Lipinski definition) is 1.